The lowest BCUT2D eigenvalue weighted by Gasteiger charge is -2.13. The molecule has 1 atom stereocenters. The molecule has 0 heterocycles. The number of rotatable bonds is 10. The first-order valence-corrected chi connectivity index (χ1v) is 7.71. The van der Waals surface area contributed by atoms with Crippen LogP contribution in [0.25, 0.3) is 0 Å². The van der Waals surface area contributed by atoms with Crippen molar-refractivity contribution in [2.75, 3.05) is 19.6 Å². The molecule has 0 radical (unpaired) electrons. The summed E-state index contributed by atoms with van der Waals surface area (Å²) in [6.07, 6.45) is 0.264. The monoisotopic (exact) mass is 381 g/mol. The van der Waals surface area contributed by atoms with Crippen LogP contribution in [0.2, 0.25) is 0 Å². The second-order valence-electron chi connectivity index (χ2n) is 5.37. The van der Waals surface area contributed by atoms with Crippen molar-refractivity contribution in [3.8, 4) is 0 Å². The van der Waals surface area contributed by atoms with Crippen LogP contribution < -0.4 is 16.4 Å². The first kappa shape index (κ1) is 21.5. The maximum absolute atomic E-state index is 11.9. The number of aliphatic carboxylic acids is 1. The van der Waals surface area contributed by atoms with Crippen molar-refractivity contribution in [2.24, 2.45) is 5.73 Å². The molecule has 0 saturated heterocycles. The highest BCUT2D eigenvalue weighted by molar-refractivity contribution is 5.90. The van der Waals surface area contributed by atoms with Gasteiger partial charge in [-0.2, -0.15) is 0 Å². The molecule has 0 aliphatic carbocycles. The first-order valence-electron chi connectivity index (χ1n) is 7.71. The third-order valence-corrected chi connectivity index (χ3v) is 3.27. The molecule has 0 bridgehead atoms. The van der Waals surface area contributed by atoms with Gasteiger partial charge >= 0.3 is 11.9 Å². The van der Waals surface area contributed by atoms with E-state index in [9.17, 15) is 29.3 Å². The van der Waals surface area contributed by atoms with Gasteiger partial charge in [-0.05, 0) is 17.0 Å². The molecule has 5 N–H and O–H groups in total. The molecule has 1 aromatic carbocycles. The topological polar surface area (TPSA) is 185 Å². The molecule has 0 spiro atoms. The maximum Gasteiger partial charge on any atom is 0.329 e. The van der Waals surface area contributed by atoms with Gasteiger partial charge in [-0.1, -0.05) is 30.3 Å². The van der Waals surface area contributed by atoms with Crippen molar-refractivity contribution in [3.05, 3.63) is 46.0 Å². The summed E-state index contributed by atoms with van der Waals surface area (Å²) in [6.45, 7) is -2.43. The van der Waals surface area contributed by atoms with Crippen LogP contribution in [0.5, 0.6) is 0 Å². The Kier molecular flexibility index (Phi) is 8.32. The number of benzene rings is 1. The summed E-state index contributed by atoms with van der Waals surface area (Å²) in [5, 5.41) is 22.1. The van der Waals surface area contributed by atoms with E-state index in [1.807, 2.05) is 6.07 Å². The Morgan fingerprint density at radius 1 is 1.15 bits per heavy atom. The number of nitrogens with one attached hydrogen (secondary N) is 2. The van der Waals surface area contributed by atoms with Crippen molar-refractivity contribution in [1.82, 2.24) is 15.6 Å². The standard InChI is InChI=1S/C15H19N5O7/c16-11(6-10-4-2-1-3-5-10)15(25)18-7-12(21)17-8-13(22)19(20(26)27)9-14(23)24/h1-5,11H,6-9,16H2,(H,17,21)(H,18,25)(H,23,24)/t11-/m0/s1. The summed E-state index contributed by atoms with van der Waals surface area (Å²) in [5.41, 5.74) is 6.58. The largest absolute Gasteiger partial charge is 0.480 e. The zero-order valence-electron chi connectivity index (χ0n) is 14.2. The van der Waals surface area contributed by atoms with Crippen LogP contribution in [0, 0.1) is 10.1 Å². The summed E-state index contributed by atoms with van der Waals surface area (Å²) in [7, 11) is 0. The lowest BCUT2D eigenvalue weighted by Crippen LogP contribution is -2.49. The van der Waals surface area contributed by atoms with Gasteiger partial charge in [0.15, 0.2) is 11.6 Å². The molecule has 0 aliphatic heterocycles. The molecule has 27 heavy (non-hydrogen) atoms. The number of nitro groups is 1. The van der Waals surface area contributed by atoms with Crippen LogP contribution in [0.4, 0.5) is 0 Å². The van der Waals surface area contributed by atoms with Gasteiger partial charge in [-0.15, -0.1) is 0 Å². The van der Waals surface area contributed by atoms with Gasteiger partial charge < -0.3 is 21.5 Å². The second-order valence-corrected chi connectivity index (χ2v) is 5.37. The fourth-order valence-electron chi connectivity index (χ4n) is 1.95. The number of carbonyl (C=O) groups excluding carboxylic acids is 3. The minimum absolute atomic E-state index is 0.142. The Labute approximate surface area is 153 Å². The fraction of sp³-hybridized carbons (Fsp3) is 0.333. The zero-order valence-corrected chi connectivity index (χ0v) is 14.2. The summed E-state index contributed by atoms with van der Waals surface area (Å²) >= 11 is 0. The van der Waals surface area contributed by atoms with E-state index < -0.39 is 54.4 Å². The van der Waals surface area contributed by atoms with Gasteiger partial charge in [0.25, 0.3) is 0 Å². The summed E-state index contributed by atoms with van der Waals surface area (Å²) < 4.78 is 0. The second kappa shape index (κ2) is 10.5. The van der Waals surface area contributed by atoms with Crippen LogP contribution in [-0.2, 0) is 25.6 Å². The van der Waals surface area contributed by atoms with Gasteiger partial charge in [0, 0.05) is 0 Å². The van der Waals surface area contributed by atoms with Gasteiger partial charge in [-0.3, -0.25) is 19.2 Å². The average Bonchev–Trinajstić information content (AvgIpc) is 2.62. The molecule has 0 fully saturated rings. The minimum Gasteiger partial charge on any atom is -0.480 e. The SMILES string of the molecule is N[C@@H](Cc1ccccc1)C(=O)NCC(=O)NCC(=O)N(CC(=O)O)[N+](=O)[O-]. The Morgan fingerprint density at radius 3 is 2.33 bits per heavy atom. The Morgan fingerprint density at radius 2 is 1.78 bits per heavy atom. The average molecular weight is 381 g/mol. The number of carbonyl (C=O) groups is 4. The van der Waals surface area contributed by atoms with Crippen molar-refractivity contribution in [3.63, 3.8) is 0 Å². The maximum atomic E-state index is 11.9. The molecule has 12 heteroatoms. The smallest absolute Gasteiger partial charge is 0.329 e. The highest BCUT2D eigenvalue weighted by Crippen LogP contribution is 2.01. The molecular formula is C15H19N5O7. The molecular weight excluding hydrogens is 362 g/mol. The van der Waals surface area contributed by atoms with E-state index >= 15 is 0 Å². The number of amides is 3. The van der Waals surface area contributed by atoms with Crippen molar-refractivity contribution in [1.29, 1.82) is 0 Å². The lowest BCUT2D eigenvalue weighted by atomic mass is 10.1. The Balaban J connectivity index is 2.39. The summed E-state index contributed by atoms with van der Waals surface area (Å²) in [4.78, 5) is 56.2. The van der Waals surface area contributed by atoms with E-state index in [0.29, 0.717) is 0 Å². The third-order valence-electron chi connectivity index (χ3n) is 3.27. The summed E-state index contributed by atoms with van der Waals surface area (Å²) in [5.74, 6) is -4.17. The number of hydrazine groups is 1. The number of hydrogen-bond acceptors (Lipinski definition) is 7. The van der Waals surface area contributed by atoms with Crippen molar-refractivity contribution >= 4 is 23.7 Å². The molecule has 146 valence electrons. The van der Waals surface area contributed by atoms with Crippen LogP contribution in [0.3, 0.4) is 0 Å². The van der Waals surface area contributed by atoms with Crippen LogP contribution in [-0.4, -0.2) is 64.5 Å². The Bertz CT molecular complexity index is 710. The Hall–Kier alpha value is -3.54. The quantitative estimate of drug-likeness (QED) is 0.262. The molecule has 1 aromatic rings. The van der Waals surface area contributed by atoms with Crippen molar-refractivity contribution in [2.45, 2.75) is 12.5 Å². The number of carboxylic acids is 1. The number of carboxylic acid groups (broad SMARTS) is 1. The predicted molar refractivity (Wildman–Crippen MR) is 90.5 cm³/mol. The van der Waals surface area contributed by atoms with Crippen LogP contribution in [0.1, 0.15) is 5.56 Å². The molecule has 0 aromatic heterocycles. The fourth-order valence-corrected chi connectivity index (χ4v) is 1.95. The molecule has 0 aliphatic rings. The molecule has 0 unspecified atom stereocenters. The van der Waals surface area contributed by atoms with Gasteiger partial charge in [0.05, 0.1) is 12.6 Å². The third kappa shape index (κ3) is 7.92. The minimum atomic E-state index is -1.58. The van der Waals surface area contributed by atoms with Crippen molar-refractivity contribution < 1.29 is 29.3 Å². The summed E-state index contributed by atoms with van der Waals surface area (Å²) in [6, 6.07) is 8.11. The van der Waals surface area contributed by atoms with Crippen LogP contribution >= 0.6 is 0 Å². The van der Waals surface area contributed by atoms with E-state index in [0.717, 1.165) is 5.56 Å². The van der Waals surface area contributed by atoms with Gasteiger partial charge in [-0.25, -0.2) is 10.1 Å². The lowest BCUT2D eigenvalue weighted by molar-refractivity contribution is -0.632. The van der Waals surface area contributed by atoms with E-state index in [1.54, 1.807) is 24.3 Å². The van der Waals surface area contributed by atoms with Gasteiger partial charge in [0.2, 0.25) is 11.8 Å². The van der Waals surface area contributed by atoms with E-state index in [-0.39, 0.29) is 11.4 Å². The number of nitrogens with two attached hydrogens (primary N) is 1. The molecule has 1 rings (SSSR count). The van der Waals surface area contributed by atoms with E-state index in [2.05, 4.69) is 10.6 Å². The van der Waals surface area contributed by atoms with Gasteiger partial charge in [0.1, 0.15) is 6.54 Å². The highest BCUT2D eigenvalue weighted by atomic mass is 16.7. The molecule has 3 amide bonds. The number of nitrogens with zero attached hydrogens (tertiary/aromatic N) is 2. The first-order chi connectivity index (χ1) is 12.7. The van der Waals surface area contributed by atoms with E-state index in [4.69, 9.17) is 10.8 Å². The van der Waals surface area contributed by atoms with Crippen LogP contribution in [0.15, 0.2) is 30.3 Å². The molecule has 0 saturated carbocycles. The van der Waals surface area contributed by atoms with E-state index in [1.165, 1.54) is 0 Å². The number of hydrogen-bond donors (Lipinski definition) is 4. The predicted octanol–water partition coefficient (Wildman–Crippen LogP) is -2.11. The zero-order chi connectivity index (χ0) is 20.4. The molecule has 12 nitrogen and oxygen atoms in total. The normalized spacial score (nSPS) is 11.1. The highest BCUT2D eigenvalue weighted by Gasteiger charge is 2.27.